The molecule has 0 radical (unpaired) electrons. The van der Waals surface area contributed by atoms with Gasteiger partial charge in [0.25, 0.3) is 0 Å². The highest BCUT2D eigenvalue weighted by Gasteiger charge is 2.24. The lowest BCUT2D eigenvalue weighted by Crippen LogP contribution is -2.33. The Morgan fingerprint density at radius 2 is 1.18 bits per heavy atom. The van der Waals surface area contributed by atoms with Crippen LogP contribution in [0, 0.1) is 0 Å². The number of hydrogen-bond acceptors (Lipinski definition) is 5. The average Bonchev–Trinajstić information content (AvgIpc) is 3.86. The molecule has 6 nitrogen and oxygen atoms in total. The molecule has 0 saturated heterocycles. The quantitative estimate of drug-likeness (QED) is 0.205. The number of fused-ring (bicyclic) bond motifs is 9. The molecule has 10 aromatic rings. The number of nitrogens with one attached hydrogen (secondary N) is 1. The minimum absolute atomic E-state index is 0.302. The lowest BCUT2D eigenvalue weighted by molar-refractivity contribution is 0.662. The molecule has 0 amide bonds. The van der Waals surface area contributed by atoms with Crippen molar-refractivity contribution in [2.24, 2.45) is 9.98 Å². The first-order chi connectivity index (χ1) is 25.3. The van der Waals surface area contributed by atoms with Gasteiger partial charge >= 0.3 is 0 Å². The molecule has 11 rings (SSSR count). The maximum absolute atomic E-state index is 6.84. The summed E-state index contributed by atoms with van der Waals surface area (Å²) >= 11 is 0. The minimum atomic E-state index is -0.302. The molecule has 1 N–H and O–H groups in total. The SMILES string of the molecule is c1ccc(C2=NC(c3cccc4oc5cc6c(cc5c34)oc3c(-n4c5ccccc5c5ccccc54)cccc36)=NC(c3ccccc3)N2)cc1. The van der Waals surface area contributed by atoms with E-state index < -0.39 is 0 Å². The van der Waals surface area contributed by atoms with Crippen molar-refractivity contribution in [2.45, 2.75) is 6.17 Å². The van der Waals surface area contributed by atoms with Gasteiger partial charge in [-0.1, -0.05) is 121 Å². The third-order valence-electron chi connectivity index (χ3n) is 10.1. The zero-order valence-electron chi connectivity index (χ0n) is 27.2. The van der Waals surface area contributed by atoms with E-state index >= 15 is 0 Å². The van der Waals surface area contributed by atoms with Gasteiger partial charge in [-0.3, -0.25) is 0 Å². The van der Waals surface area contributed by atoms with Crippen molar-refractivity contribution in [3.05, 3.63) is 174 Å². The lowest BCUT2D eigenvalue weighted by Gasteiger charge is -2.23. The molecule has 0 fully saturated rings. The Morgan fingerprint density at radius 3 is 1.96 bits per heavy atom. The van der Waals surface area contributed by atoms with Gasteiger partial charge in [0.1, 0.15) is 28.8 Å². The number of benzene rings is 7. The van der Waals surface area contributed by atoms with Crippen LogP contribution in [0.5, 0.6) is 0 Å². The standard InChI is InChI=1S/C45H28N4O2/c1-3-13-27(14-4-1)43-46-44(28-15-5-2-6-16-28)48-45(47-43)32-20-12-24-38-41(32)34-26-39-33(25-40(34)50-38)31-19-11-23-37(42(31)51-39)49-35-21-9-7-17-29(35)30-18-8-10-22-36(30)49/h1-26,43H,(H,46,47,48). The molecule has 6 heteroatoms. The van der Waals surface area contributed by atoms with E-state index in [0.717, 1.165) is 83.1 Å². The predicted molar refractivity (Wildman–Crippen MR) is 207 cm³/mol. The van der Waals surface area contributed by atoms with Gasteiger partial charge in [0.2, 0.25) is 0 Å². The molecule has 0 bridgehead atoms. The molecule has 0 aliphatic carbocycles. The number of aromatic nitrogens is 1. The van der Waals surface area contributed by atoms with E-state index in [9.17, 15) is 0 Å². The van der Waals surface area contributed by atoms with E-state index in [1.165, 1.54) is 10.8 Å². The highest BCUT2D eigenvalue weighted by atomic mass is 16.3. The van der Waals surface area contributed by atoms with E-state index in [1.807, 2.05) is 48.5 Å². The van der Waals surface area contributed by atoms with Gasteiger partial charge in [-0.2, -0.15) is 0 Å². The summed E-state index contributed by atoms with van der Waals surface area (Å²) in [5.41, 5.74) is 9.45. The van der Waals surface area contributed by atoms with E-state index in [2.05, 4.69) is 119 Å². The van der Waals surface area contributed by atoms with Gasteiger partial charge in [-0.05, 0) is 42.0 Å². The zero-order chi connectivity index (χ0) is 33.5. The van der Waals surface area contributed by atoms with Crippen molar-refractivity contribution >= 4 is 77.4 Å². The summed E-state index contributed by atoms with van der Waals surface area (Å²) < 4.78 is 15.7. The first kappa shape index (κ1) is 28.0. The third-order valence-corrected chi connectivity index (χ3v) is 10.1. The normalized spacial score (nSPS) is 14.9. The van der Waals surface area contributed by atoms with Gasteiger partial charge in [0.15, 0.2) is 11.4 Å². The van der Waals surface area contributed by atoms with Crippen LogP contribution in [-0.2, 0) is 0 Å². The monoisotopic (exact) mass is 656 g/mol. The third kappa shape index (κ3) is 4.23. The van der Waals surface area contributed by atoms with Crippen molar-refractivity contribution in [3.63, 3.8) is 0 Å². The van der Waals surface area contributed by atoms with Crippen LogP contribution in [0.25, 0.3) is 71.4 Å². The number of furan rings is 2. The van der Waals surface area contributed by atoms with E-state index in [-0.39, 0.29) is 6.17 Å². The molecule has 51 heavy (non-hydrogen) atoms. The summed E-state index contributed by atoms with van der Waals surface area (Å²) in [7, 11) is 0. The molecule has 0 spiro atoms. The van der Waals surface area contributed by atoms with E-state index in [1.54, 1.807) is 0 Å². The second-order valence-electron chi connectivity index (χ2n) is 13.0. The Labute approximate surface area is 291 Å². The van der Waals surface area contributed by atoms with E-state index in [0.29, 0.717) is 5.84 Å². The fourth-order valence-corrected chi connectivity index (χ4v) is 7.76. The minimum Gasteiger partial charge on any atom is -0.456 e. The summed E-state index contributed by atoms with van der Waals surface area (Å²) in [6.45, 7) is 0. The van der Waals surface area contributed by atoms with Gasteiger partial charge in [0.05, 0.1) is 16.7 Å². The maximum Gasteiger partial charge on any atom is 0.160 e. The molecule has 7 aromatic carbocycles. The fraction of sp³-hybridized carbons (Fsp3) is 0.0222. The fourth-order valence-electron chi connectivity index (χ4n) is 7.76. The maximum atomic E-state index is 6.84. The van der Waals surface area contributed by atoms with Gasteiger partial charge in [-0.25, -0.2) is 9.98 Å². The molecule has 1 aliphatic heterocycles. The van der Waals surface area contributed by atoms with Crippen molar-refractivity contribution in [3.8, 4) is 5.69 Å². The summed E-state index contributed by atoms with van der Waals surface area (Å²) in [6, 6.07) is 54.3. The van der Waals surface area contributed by atoms with Gasteiger partial charge in [0, 0.05) is 43.4 Å². The number of hydrogen-bond donors (Lipinski definition) is 1. The molecule has 4 heterocycles. The molecule has 0 saturated carbocycles. The number of nitrogens with zero attached hydrogens (tertiary/aromatic N) is 3. The van der Waals surface area contributed by atoms with Crippen LogP contribution in [0.15, 0.2) is 177 Å². The number of amidine groups is 2. The second-order valence-corrected chi connectivity index (χ2v) is 13.0. The van der Waals surface area contributed by atoms with Crippen LogP contribution in [-0.4, -0.2) is 16.2 Å². The molecule has 1 aliphatic rings. The van der Waals surface area contributed by atoms with Crippen molar-refractivity contribution in [1.29, 1.82) is 0 Å². The van der Waals surface area contributed by atoms with Gasteiger partial charge < -0.3 is 18.7 Å². The van der Waals surface area contributed by atoms with Crippen molar-refractivity contribution < 1.29 is 8.83 Å². The topological polar surface area (TPSA) is 68.0 Å². The Balaban J connectivity index is 1.13. The lowest BCUT2D eigenvalue weighted by atomic mass is 10.0. The summed E-state index contributed by atoms with van der Waals surface area (Å²) in [5, 5.41) is 9.96. The first-order valence-corrected chi connectivity index (χ1v) is 17.1. The van der Waals surface area contributed by atoms with Crippen LogP contribution >= 0.6 is 0 Å². The largest absolute Gasteiger partial charge is 0.456 e. The summed E-state index contributed by atoms with van der Waals surface area (Å²) in [5.74, 6) is 1.42. The van der Waals surface area contributed by atoms with E-state index in [4.69, 9.17) is 18.8 Å². The zero-order valence-corrected chi connectivity index (χ0v) is 27.2. The molecule has 1 unspecified atom stereocenters. The Morgan fingerprint density at radius 1 is 0.529 bits per heavy atom. The summed E-state index contributed by atoms with van der Waals surface area (Å²) in [4.78, 5) is 10.3. The molecule has 240 valence electrons. The van der Waals surface area contributed by atoms with Crippen LogP contribution < -0.4 is 5.32 Å². The number of aliphatic imine (C=N–C) groups is 2. The second kappa shape index (κ2) is 10.8. The molecular formula is C45H28N4O2. The average molecular weight is 657 g/mol. The first-order valence-electron chi connectivity index (χ1n) is 17.1. The Hall–Kier alpha value is -6.92. The smallest absolute Gasteiger partial charge is 0.160 e. The number of para-hydroxylation sites is 3. The van der Waals surface area contributed by atoms with Crippen molar-refractivity contribution in [2.75, 3.05) is 0 Å². The van der Waals surface area contributed by atoms with Crippen LogP contribution in [0.3, 0.4) is 0 Å². The Bertz CT molecular complexity index is 3000. The molecule has 3 aromatic heterocycles. The van der Waals surface area contributed by atoms with Crippen LogP contribution in [0.1, 0.15) is 22.9 Å². The van der Waals surface area contributed by atoms with Crippen LogP contribution in [0.2, 0.25) is 0 Å². The number of rotatable bonds is 4. The summed E-state index contributed by atoms with van der Waals surface area (Å²) in [6.07, 6.45) is -0.302. The van der Waals surface area contributed by atoms with Crippen LogP contribution in [0.4, 0.5) is 0 Å². The molecular weight excluding hydrogens is 629 g/mol. The van der Waals surface area contributed by atoms with Crippen molar-refractivity contribution in [1.82, 2.24) is 9.88 Å². The highest BCUT2D eigenvalue weighted by molar-refractivity contribution is 6.24. The highest BCUT2D eigenvalue weighted by Crippen LogP contribution is 2.41. The molecule has 1 atom stereocenters. The van der Waals surface area contributed by atoms with Gasteiger partial charge in [-0.15, -0.1) is 0 Å². The predicted octanol–water partition coefficient (Wildman–Crippen LogP) is 11.1. The Kier molecular flexibility index (Phi) is 5.92.